The monoisotopic (exact) mass is 580 g/mol. The molecule has 0 aliphatic heterocycles. The van der Waals surface area contributed by atoms with Crippen molar-refractivity contribution in [3.8, 4) is 5.75 Å². The second-order valence-corrected chi connectivity index (χ2v) is 9.20. The van der Waals surface area contributed by atoms with Gasteiger partial charge in [0.25, 0.3) is 5.91 Å². The minimum Gasteiger partial charge on any atom is -0.483 e. The summed E-state index contributed by atoms with van der Waals surface area (Å²) in [6, 6.07) is 11.8. The molecule has 0 saturated heterocycles. The Bertz CT molecular complexity index is 990. The Labute approximate surface area is 212 Å². The Kier molecular flexibility index (Phi) is 10.9. The van der Waals surface area contributed by atoms with E-state index >= 15 is 0 Å². The van der Waals surface area contributed by atoms with Crippen LogP contribution in [0.4, 0.5) is 5.69 Å². The number of hydrogen-bond donors (Lipinski definition) is 2. The highest BCUT2D eigenvalue weighted by Crippen LogP contribution is 2.31. The van der Waals surface area contributed by atoms with E-state index in [0.29, 0.717) is 18.0 Å². The van der Waals surface area contributed by atoms with E-state index in [4.69, 9.17) is 4.74 Å². The summed E-state index contributed by atoms with van der Waals surface area (Å²) in [4.78, 5) is 26.5. The van der Waals surface area contributed by atoms with Crippen molar-refractivity contribution < 1.29 is 14.3 Å². The maximum absolute atomic E-state index is 12.2. The average molecular weight is 582 g/mol. The molecular weight excluding hydrogens is 552 g/mol. The van der Waals surface area contributed by atoms with Gasteiger partial charge in [0.2, 0.25) is 5.91 Å². The van der Waals surface area contributed by atoms with Gasteiger partial charge in [-0.05, 0) is 79.0 Å². The van der Waals surface area contributed by atoms with Crippen LogP contribution in [0, 0.1) is 6.92 Å². The third kappa shape index (κ3) is 8.81. The molecule has 0 radical (unpaired) electrons. The van der Waals surface area contributed by atoms with Gasteiger partial charge in [0.05, 0.1) is 10.9 Å². The molecule has 2 aromatic carbocycles. The first-order chi connectivity index (χ1) is 15.7. The zero-order valence-electron chi connectivity index (χ0n) is 19.4. The number of hydrogen-bond acceptors (Lipinski definition) is 5. The fraction of sp³-hybridized carbons (Fsp3) is 0.375. The van der Waals surface area contributed by atoms with Crippen LogP contribution in [0.25, 0.3) is 0 Å². The van der Waals surface area contributed by atoms with Crippen LogP contribution in [0.1, 0.15) is 38.3 Å². The highest BCUT2D eigenvalue weighted by Gasteiger charge is 2.09. The summed E-state index contributed by atoms with van der Waals surface area (Å²) in [5.74, 6) is -0.00424. The Morgan fingerprint density at radius 1 is 1.03 bits per heavy atom. The van der Waals surface area contributed by atoms with Crippen LogP contribution in [0.15, 0.2) is 50.4 Å². The lowest BCUT2D eigenvalue weighted by Crippen LogP contribution is -2.28. The number of carbonyl (C=O) groups excluding carboxylic acids is 2. The zero-order chi connectivity index (χ0) is 24.4. The summed E-state index contributed by atoms with van der Waals surface area (Å²) in [5, 5.41) is 6.86. The number of hydrazone groups is 1. The van der Waals surface area contributed by atoms with Crippen molar-refractivity contribution in [3.63, 3.8) is 0 Å². The lowest BCUT2D eigenvalue weighted by molar-refractivity contribution is -0.123. The second-order valence-electron chi connectivity index (χ2n) is 7.49. The van der Waals surface area contributed by atoms with Crippen LogP contribution in [0.3, 0.4) is 0 Å². The molecule has 2 rings (SSSR count). The SMILES string of the molecule is CCN(CC)c1ccc(CNC(=O)C/C(C)=N/NC(=O)COc2cc(C)c(Br)cc2Br)cc1. The first-order valence-electron chi connectivity index (χ1n) is 10.7. The summed E-state index contributed by atoms with van der Waals surface area (Å²) < 4.78 is 7.23. The molecule has 0 heterocycles. The Balaban J connectivity index is 1.75. The Morgan fingerprint density at radius 2 is 1.70 bits per heavy atom. The van der Waals surface area contributed by atoms with E-state index in [1.165, 1.54) is 5.69 Å². The van der Waals surface area contributed by atoms with Crippen molar-refractivity contribution in [2.45, 2.75) is 40.7 Å². The van der Waals surface area contributed by atoms with Crippen molar-refractivity contribution in [1.82, 2.24) is 10.7 Å². The van der Waals surface area contributed by atoms with Crippen LogP contribution in [-0.2, 0) is 16.1 Å². The molecule has 0 fully saturated rings. The van der Waals surface area contributed by atoms with Gasteiger partial charge in [0.1, 0.15) is 5.75 Å². The predicted octanol–water partition coefficient (Wildman–Crippen LogP) is 4.94. The molecule has 0 spiro atoms. The van der Waals surface area contributed by atoms with Gasteiger partial charge < -0.3 is 15.0 Å². The quantitative estimate of drug-likeness (QED) is 0.291. The number of nitrogens with one attached hydrogen (secondary N) is 2. The fourth-order valence-corrected chi connectivity index (χ4v) is 4.13. The van der Waals surface area contributed by atoms with E-state index in [-0.39, 0.29) is 18.9 Å². The van der Waals surface area contributed by atoms with Crippen LogP contribution in [-0.4, -0.2) is 37.2 Å². The first kappa shape index (κ1) is 26.9. The lowest BCUT2D eigenvalue weighted by Gasteiger charge is -2.21. The number of anilines is 1. The molecule has 0 aliphatic rings. The molecule has 0 atom stereocenters. The maximum Gasteiger partial charge on any atom is 0.277 e. The first-order valence-corrected chi connectivity index (χ1v) is 12.3. The van der Waals surface area contributed by atoms with Gasteiger partial charge in [0.15, 0.2) is 6.61 Å². The third-order valence-electron chi connectivity index (χ3n) is 4.91. The molecule has 2 N–H and O–H groups in total. The van der Waals surface area contributed by atoms with Gasteiger partial charge in [-0.1, -0.05) is 28.1 Å². The number of benzene rings is 2. The van der Waals surface area contributed by atoms with E-state index in [9.17, 15) is 9.59 Å². The van der Waals surface area contributed by atoms with E-state index < -0.39 is 5.91 Å². The minimum absolute atomic E-state index is 0.0934. The van der Waals surface area contributed by atoms with Crippen molar-refractivity contribution in [3.05, 3.63) is 56.5 Å². The number of amides is 2. The van der Waals surface area contributed by atoms with Gasteiger partial charge in [-0.15, -0.1) is 0 Å². The summed E-state index contributed by atoms with van der Waals surface area (Å²) in [7, 11) is 0. The molecule has 0 aliphatic carbocycles. The highest BCUT2D eigenvalue weighted by molar-refractivity contribution is 9.11. The molecule has 0 saturated carbocycles. The van der Waals surface area contributed by atoms with E-state index in [0.717, 1.165) is 33.2 Å². The topological polar surface area (TPSA) is 83.0 Å². The smallest absolute Gasteiger partial charge is 0.277 e. The molecule has 2 aromatic rings. The summed E-state index contributed by atoms with van der Waals surface area (Å²) in [6.07, 6.45) is 0.0934. The number of halogens is 2. The number of aryl methyl sites for hydroxylation is 1. The van der Waals surface area contributed by atoms with Crippen molar-refractivity contribution >= 4 is 55.1 Å². The van der Waals surface area contributed by atoms with Crippen LogP contribution in [0.5, 0.6) is 5.75 Å². The molecule has 0 unspecified atom stereocenters. The highest BCUT2D eigenvalue weighted by atomic mass is 79.9. The minimum atomic E-state index is -0.407. The molecule has 33 heavy (non-hydrogen) atoms. The van der Waals surface area contributed by atoms with Crippen molar-refractivity contribution in [2.24, 2.45) is 5.10 Å². The van der Waals surface area contributed by atoms with Crippen molar-refractivity contribution in [2.75, 3.05) is 24.6 Å². The molecule has 7 nitrogen and oxygen atoms in total. The summed E-state index contributed by atoms with van der Waals surface area (Å²) in [5.41, 5.74) is 6.10. The third-order valence-corrected chi connectivity index (χ3v) is 6.39. The number of ether oxygens (including phenoxy) is 1. The summed E-state index contributed by atoms with van der Waals surface area (Å²) in [6.45, 7) is 10.0. The number of rotatable bonds is 11. The van der Waals surface area contributed by atoms with E-state index in [2.05, 4.69) is 78.6 Å². The average Bonchev–Trinajstić information content (AvgIpc) is 2.79. The standard InChI is InChI=1S/C24H30Br2N4O3/c1-5-30(6-2)19-9-7-18(8-10-19)14-27-23(31)12-17(4)28-29-24(32)15-33-22-11-16(3)20(25)13-21(22)26/h7-11,13H,5-6,12,14-15H2,1-4H3,(H,27,31)(H,29,32)/b28-17+. The lowest BCUT2D eigenvalue weighted by atomic mass is 10.2. The van der Waals surface area contributed by atoms with E-state index in [1.807, 2.05) is 31.2 Å². The van der Waals surface area contributed by atoms with Crippen molar-refractivity contribution in [1.29, 1.82) is 0 Å². The second kappa shape index (κ2) is 13.3. The largest absolute Gasteiger partial charge is 0.483 e. The Hall–Kier alpha value is -2.39. The number of carbonyl (C=O) groups is 2. The molecule has 2 amide bonds. The zero-order valence-corrected chi connectivity index (χ0v) is 22.5. The fourth-order valence-electron chi connectivity index (χ4n) is 3.02. The van der Waals surface area contributed by atoms with Crippen LogP contribution >= 0.6 is 31.9 Å². The van der Waals surface area contributed by atoms with Crippen LogP contribution < -0.4 is 20.4 Å². The molecular formula is C24H30Br2N4O3. The van der Waals surface area contributed by atoms with Gasteiger partial charge in [0, 0.05) is 35.5 Å². The van der Waals surface area contributed by atoms with Crippen LogP contribution in [0.2, 0.25) is 0 Å². The predicted molar refractivity (Wildman–Crippen MR) is 140 cm³/mol. The van der Waals surface area contributed by atoms with Gasteiger partial charge in [-0.25, -0.2) is 5.43 Å². The molecule has 0 aromatic heterocycles. The van der Waals surface area contributed by atoms with Gasteiger partial charge in [-0.3, -0.25) is 9.59 Å². The van der Waals surface area contributed by atoms with Gasteiger partial charge >= 0.3 is 0 Å². The molecule has 178 valence electrons. The number of nitrogens with zero attached hydrogens (tertiary/aromatic N) is 2. The Morgan fingerprint density at radius 3 is 2.33 bits per heavy atom. The molecule has 9 heteroatoms. The maximum atomic E-state index is 12.2. The normalized spacial score (nSPS) is 11.2. The summed E-state index contributed by atoms with van der Waals surface area (Å²) >= 11 is 6.85. The van der Waals surface area contributed by atoms with Gasteiger partial charge in [-0.2, -0.15) is 5.10 Å². The van der Waals surface area contributed by atoms with E-state index in [1.54, 1.807) is 6.92 Å². The molecule has 0 bridgehead atoms.